The minimum Gasteiger partial charge on any atom is -0.482 e. The van der Waals surface area contributed by atoms with E-state index in [2.05, 4.69) is 10.6 Å². The van der Waals surface area contributed by atoms with E-state index in [4.69, 9.17) is 19.5 Å². The first-order chi connectivity index (χ1) is 12.2. The molecule has 0 aromatic heterocycles. The Hall–Kier alpha value is -3.73. The number of nitrogens with zero attached hydrogens (tertiary/aromatic N) is 1. The third-order valence-corrected chi connectivity index (χ3v) is 3.25. The zero-order valence-corrected chi connectivity index (χ0v) is 12.9. The van der Waals surface area contributed by atoms with Gasteiger partial charge in [0.2, 0.25) is 6.79 Å². The number of nitrogens with one attached hydrogen (secondary N) is 2. The second-order valence-corrected chi connectivity index (χ2v) is 4.97. The molecule has 0 unspecified atom stereocenters. The van der Waals surface area contributed by atoms with E-state index in [1.54, 1.807) is 42.5 Å². The van der Waals surface area contributed by atoms with Crippen molar-refractivity contribution < 1.29 is 23.8 Å². The van der Waals surface area contributed by atoms with Gasteiger partial charge in [0.15, 0.2) is 18.1 Å². The SMILES string of the molecule is N#Cc1ccccc1OCC(=O)NC(=O)Nc1ccc2c(c1)OCO2. The number of hydrogen-bond acceptors (Lipinski definition) is 6. The van der Waals surface area contributed by atoms with Gasteiger partial charge in [0.05, 0.1) is 5.56 Å². The molecule has 0 saturated carbocycles. The summed E-state index contributed by atoms with van der Waals surface area (Å²) < 4.78 is 15.6. The van der Waals surface area contributed by atoms with E-state index >= 15 is 0 Å². The minimum atomic E-state index is -0.707. The Bertz CT molecular complexity index is 860. The van der Waals surface area contributed by atoms with Gasteiger partial charge in [0, 0.05) is 11.8 Å². The van der Waals surface area contributed by atoms with Crippen LogP contribution in [0.25, 0.3) is 0 Å². The molecule has 0 fully saturated rings. The van der Waals surface area contributed by atoms with Crippen LogP contribution in [0.15, 0.2) is 42.5 Å². The predicted octanol–water partition coefficient (Wildman–Crippen LogP) is 2.01. The van der Waals surface area contributed by atoms with Crippen molar-refractivity contribution >= 4 is 17.6 Å². The second-order valence-electron chi connectivity index (χ2n) is 4.97. The van der Waals surface area contributed by atoms with Crippen molar-refractivity contribution in [3.63, 3.8) is 0 Å². The largest absolute Gasteiger partial charge is 0.482 e. The molecule has 2 N–H and O–H groups in total. The van der Waals surface area contributed by atoms with Gasteiger partial charge < -0.3 is 19.5 Å². The van der Waals surface area contributed by atoms with Crippen molar-refractivity contribution in [2.24, 2.45) is 0 Å². The lowest BCUT2D eigenvalue weighted by Crippen LogP contribution is -2.37. The molecule has 2 aromatic rings. The third kappa shape index (κ3) is 3.97. The summed E-state index contributed by atoms with van der Waals surface area (Å²) in [5, 5.41) is 13.6. The van der Waals surface area contributed by atoms with E-state index < -0.39 is 18.5 Å². The molecule has 3 rings (SSSR count). The normalized spacial score (nSPS) is 11.3. The van der Waals surface area contributed by atoms with Gasteiger partial charge in [0.25, 0.3) is 5.91 Å². The average Bonchev–Trinajstić information content (AvgIpc) is 3.07. The number of para-hydroxylation sites is 1. The molecule has 0 radical (unpaired) electrons. The van der Waals surface area contributed by atoms with Crippen LogP contribution in [0.2, 0.25) is 0 Å². The van der Waals surface area contributed by atoms with Crippen LogP contribution >= 0.6 is 0 Å². The number of imide groups is 1. The summed E-state index contributed by atoms with van der Waals surface area (Å²) >= 11 is 0. The molecule has 1 aliphatic rings. The quantitative estimate of drug-likeness (QED) is 0.882. The topological polar surface area (TPSA) is 110 Å². The smallest absolute Gasteiger partial charge is 0.325 e. The number of ether oxygens (including phenoxy) is 3. The van der Waals surface area contributed by atoms with Crippen molar-refractivity contribution in [1.82, 2.24) is 5.32 Å². The van der Waals surface area contributed by atoms with Gasteiger partial charge in [-0.05, 0) is 24.3 Å². The Morgan fingerprint density at radius 1 is 1.16 bits per heavy atom. The molecule has 3 amide bonds. The van der Waals surface area contributed by atoms with Gasteiger partial charge in [0.1, 0.15) is 11.8 Å². The van der Waals surface area contributed by atoms with Gasteiger partial charge in [-0.3, -0.25) is 10.1 Å². The van der Waals surface area contributed by atoms with E-state index in [1.807, 2.05) is 6.07 Å². The van der Waals surface area contributed by atoms with Crippen molar-refractivity contribution in [2.75, 3.05) is 18.7 Å². The number of urea groups is 1. The Morgan fingerprint density at radius 3 is 2.80 bits per heavy atom. The second kappa shape index (κ2) is 7.23. The molecular formula is C17H13N3O5. The van der Waals surface area contributed by atoms with E-state index in [1.165, 1.54) is 0 Å². The van der Waals surface area contributed by atoms with Crippen LogP contribution in [0.3, 0.4) is 0 Å². The molecule has 0 saturated heterocycles. The van der Waals surface area contributed by atoms with Gasteiger partial charge >= 0.3 is 6.03 Å². The van der Waals surface area contributed by atoms with Gasteiger partial charge in [-0.15, -0.1) is 0 Å². The fourth-order valence-corrected chi connectivity index (χ4v) is 2.13. The standard InChI is InChI=1S/C17H13N3O5/c18-8-11-3-1-2-4-13(11)23-9-16(21)20-17(22)19-12-5-6-14-15(7-12)25-10-24-14/h1-7H,9-10H2,(H2,19,20,21,22). The number of amides is 3. The molecule has 0 bridgehead atoms. The number of rotatable bonds is 4. The van der Waals surface area contributed by atoms with Crippen LogP contribution in [0.1, 0.15) is 5.56 Å². The first kappa shape index (κ1) is 16.1. The fraction of sp³-hybridized carbons (Fsp3) is 0.118. The lowest BCUT2D eigenvalue weighted by Gasteiger charge is -2.09. The monoisotopic (exact) mass is 339 g/mol. The summed E-state index contributed by atoms with van der Waals surface area (Å²) in [6.45, 7) is -0.266. The van der Waals surface area contributed by atoms with Crippen molar-refractivity contribution in [3.05, 3.63) is 48.0 Å². The van der Waals surface area contributed by atoms with Crippen molar-refractivity contribution in [2.45, 2.75) is 0 Å². The first-order valence-corrected chi connectivity index (χ1v) is 7.28. The summed E-state index contributed by atoms with van der Waals surface area (Å²) in [5.74, 6) is 0.731. The Labute approximate surface area is 142 Å². The molecule has 1 heterocycles. The minimum absolute atomic E-state index is 0.130. The lowest BCUT2D eigenvalue weighted by molar-refractivity contribution is -0.121. The molecule has 1 aliphatic heterocycles. The first-order valence-electron chi connectivity index (χ1n) is 7.28. The highest BCUT2D eigenvalue weighted by molar-refractivity contribution is 6.01. The summed E-state index contributed by atoms with van der Waals surface area (Å²) in [5.41, 5.74) is 0.755. The molecule has 0 atom stereocenters. The molecular weight excluding hydrogens is 326 g/mol. The van der Waals surface area contributed by atoms with E-state index in [-0.39, 0.29) is 12.5 Å². The van der Waals surface area contributed by atoms with Crippen molar-refractivity contribution in [3.8, 4) is 23.3 Å². The number of benzene rings is 2. The zero-order chi connectivity index (χ0) is 17.6. The molecule has 8 nitrogen and oxygen atoms in total. The highest BCUT2D eigenvalue weighted by Crippen LogP contribution is 2.34. The predicted molar refractivity (Wildman–Crippen MR) is 86.4 cm³/mol. The Kier molecular flexibility index (Phi) is 4.67. The van der Waals surface area contributed by atoms with Crippen LogP contribution in [0.5, 0.6) is 17.2 Å². The summed E-state index contributed by atoms with van der Waals surface area (Å²) in [6, 6.07) is 12.6. The molecule has 8 heteroatoms. The number of anilines is 1. The maximum Gasteiger partial charge on any atom is 0.325 e. The number of carbonyl (C=O) groups excluding carboxylic acids is 2. The summed E-state index contributed by atoms with van der Waals surface area (Å²) in [4.78, 5) is 23.6. The van der Waals surface area contributed by atoms with Crippen LogP contribution in [0.4, 0.5) is 10.5 Å². The highest BCUT2D eigenvalue weighted by atomic mass is 16.7. The summed E-state index contributed by atoms with van der Waals surface area (Å²) in [6.07, 6.45) is 0. The number of hydrogen-bond donors (Lipinski definition) is 2. The number of carbonyl (C=O) groups is 2. The van der Waals surface area contributed by atoms with Crippen LogP contribution in [0, 0.1) is 11.3 Å². The van der Waals surface area contributed by atoms with Crippen LogP contribution < -0.4 is 24.8 Å². The lowest BCUT2D eigenvalue weighted by atomic mass is 10.2. The molecule has 126 valence electrons. The van der Waals surface area contributed by atoms with E-state index in [9.17, 15) is 9.59 Å². The third-order valence-electron chi connectivity index (χ3n) is 3.25. The van der Waals surface area contributed by atoms with Crippen LogP contribution in [-0.4, -0.2) is 25.3 Å². The van der Waals surface area contributed by atoms with E-state index in [0.717, 1.165) is 0 Å². The Balaban J connectivity index is 1.51. The van der Waals surface area contributed by atoms with Gasteiger partial charge in [-0.25, -0.2) is 4.79 Å². The zero-order valence-electron chi connectivity index (χ0n) is 12.9. The molecule has 0 spiro atoms. The van der Waals surface area contributed by atoms with E-state index in [0.29, 0.717) is 22.7 Å². The highest BCUT2D eigenvalue weighted by Gasteiger charge is 2.15. The Morgan fingerprint density at radius 2 is 1.96 bits per heavy atom. The maximum absolute atomic E-state index is 11.8. The maximum atomic E-state index is 11.8. The van der Waals surface area contributed by atoms with Crippen molar-refractivity contribution in [1.29, 1.82) is 5.26 Å². The molecule has 2 aromatic carbocycles. The van der Waals surface area contributed by atoms with Crippen LogP contribution in [-0.2, 0) is 4.79 Å². The molecule has 0 aliphatic carbocycles. The van der Waals surface area contributed by atoms with Gasteiger partial charge in [-0.2, -0.15) is 5.26 Å². The molecule has 25 heavy (non-hydrogen) atoms. The fourth-order valence-electron chi connectivity index (χ4n) is 2.13. The van der Waals surface area contributed by atoms with Gasteiger partial charge in [-0.1, -0.05) is 12.1 Å². The summed E-state index contributed by atoms with van der Waals surface area (Å²) in [7, 11) is 0. The number of nitriles is 1. The average molecular weight is 339 g/mol. The number of fused-ring (bicyclic) bond motifs is 1.